The fourth-order valence-electron chi connectivity index (χ4n) is 3.45. The van der Waals surface area contributed by atoms with Gasteiger partial charge in [0.25, 0.3) is 0 Å². The number of methoxy groups -OCH3 is 1. The first kappa shape index (κ1) is 14.7. The zero-order valence-corrected chi connectivity index (χ0v) is 13.4. The van der Waals surface area contributed by atoms with Crippen molar-refractivity contribution in [3.63, 3.8) is 0 Å². The summed E-state index contributed by atoms with van der Waals surface area (Å²) in [5, 5.41) is 0. The number of alkyl halides is 1. The van der Waals surface area contributed by atoms with E-state index in [-0.39, 0.29) is 0 Å². The number of hydrogen-bond acceptors (Lipinski definition) is 2. The van der Waals surface area contributed by atoms with Gasteiger partial charge in [0.1, 0.15) is 11.6 Å². The van der Waals surface area contributed by atoms with Gasteiger partial charge < -0.3 is 9.30 Å². The lowest BCUT2D eigenvalue weighted by molar-refractivity contribution is 0.373. The number of hydrogen-bond donors (Lipinski definition) is 0. The first-order valence-corrected chi connectivity index (χ1v) is 8.47. The number of benzene rings is 1. The lowest BCUT2D eigenvalue weighted by Crippen LogP contribution is -2.13. The molecule has 0 bridgehead atoms. The Hall–Kier alpha value is -1.22. The molecule has 21 heavy (non-hydrogen) atoms. The van der Waals surface area contributed by atoms with Crippen molar-refractivity contribution in [2.24, 2.45) is 0 Å². The molecule has 1 fully saturated rings. The summed E-state index contributed by atoms with van der Waals surface area (Å²) in [5.74, 6) is 2.31. The quantitative estimate of drug-likeness (QED) is 0.740. The average Bonchev–Trinajstić information content (AvgIpc) is 2.84. The van der Waals surface area contributed by atoms with Gasteiger partial charge in [-0.05, 0) is 25.0 Å². The van der Waals surface area contributed by atoms with Crippen LogP contribution in [0.15, 0.2) is 18.2 Å². The summed E-state index contributed by atoms with van der Waals surface area (Å²) >= 11 is 6.15. The molecule has 0 atom stereocenters. The molecule has 3 rings (SSSR count). The Bertz CT molecular complexity index is 600. The highest BCUT2D eigenvalue weighted by molar-refractivity contribution is 6.16. The maximum atomic E-state index is 6.15. The second-order valence-electron chi connectivity index (χ2n) is 5.89. The molecule has 1 heterocycles. The molecule has 1 aromatic carbocycles. The molecule has 114 valence electrons. The van der Waals surface area contributed by atoms with E-state index < -0.39 is 0 Å². The Morgan fingerprint density at radius 3 is 2.57 bits per heavy atom. The molecule has 0 aliphatic heterocycles. The third kappa shape index (κ3) is 3.03. The summed E-state index contributed by atoms with van der Waals surface area (Å²) in [7, 11) is 1.69. The minimum absolute atomic E-state index is 0.466. The molecule has 3 nitrogen and oxygen atoms in total. The lowest BCUT2D eigenvalue weighted by atomic mass is 9.96. The number of rotatable bonds is 3. The maximum absolute atomic E-state index is 6.15. The standard InChI is InChI=1S/C17H23ClN2O/c1-21-14-9-10-16-15(11-14)19-17(12-18)20(16)13-7-5-3-2-4-6-8-13/h9-11,13H,2-8,12H2,1H3. The summed E-state index contributed by atoms with van der Waals surface area (Å²) in [5.41, 5.74) is 2.18. The second kappa shape index (κ2) is 6.69. The van der Waals surface area contributed by atoms with Crippen molar-refractivity contribution >= 4 is 22.6 Å². The molecule has 0 saturated heterocycles. The molecular formula is C17H23ClN2O. The fraction of sp³-hybridized carbons (Fsp3) is 0.588. The van der Waals surface area contributed by atoms with Gasteiger partial charge in [-0.15, -0.1) is 11.6 Å². The Morgan fingerprint density at radius 1 is 1.19 bits per heavy atom. The van der Waals surface area contributed by atoms with E-state index in [4.69, 9.17) is 21.3 Å². The third-order valence-electron chi connectivity index (χ3n) is 4.53. The number of imidazole rings is 1. The molecule has 1 saturated carbocycles. The Kier molecular flexibility index (Phi) is 4.69. The monoisotopic (exact) mass is 306 g/mol. The van der Waals surface area contributed by atoms with Gasteiger partial charge in [-0.2, -0.15) is 0 Å². The van der Waals surface area contributed by atoms with E-state index in [1.165, 1.54) is 50.5 Å². The van der Waals surface area contributed by atoms with Gasteiger partial charge >= 0.3 is 0 Å². The zero-order chi connectivity index (χ0) is 14.7. The van der Waals surface area contributed by atoms with E-state index in [2.05, 4.69) is 10.6 Å². The summed E-state index contributed by atoms with van der Waals surface area (Å²) in [6, 6.07) is 6.68. The SMILES string of the molecule is COc1ccc2c(c1)nc(CCl)n2C1CCCCCCC1. The van der Waals surface area contributed by atoms with Gasteiger partial charge in [0.05, 0.1) is 24.0 Å². The number of ether oxygens (including phenoxy) is 1. The molecule has 0 radical (unpaired) electrons. The molecular weight excluding hydrogens is 284 g/mol. The van der Waals surface area contributed by atoms with Crippen molar-refractivity contribution in [3.8, 4) is 5.75 Å². The molecule has 0 spiro atoms. The minimum atomic E-state index is 0.466. The lowest BCUT2D eigenvalue weighted by Gasteiger charge is -2.23. The summed E-state index contributed by atoms with van der Waals surface area (Å²) < 4.78 is 7.69. The van der Waals surface area contributed by atoms with Crippen LogP contribution in [0.5, 0.6) is 5.75 Å². The number of fused-ring (bicyclic) bond motifs is 1. The Morgan fingerprint density at radius 2 is 1.90 bits per heavy atom. The predicted molar refractivity (Wildman–Crippen MR) is 87.2 cm³/mol. The fourth-order valence-corrected chi connectivity index (χ4v) is 3.64. The minimum Gasteiger partial charge on any atom is -0.497 e. The first-order valence-electron chi connectivity index (χ1n) is 7.94. The van der Waals surface area contributed by atoms with Crippen LogP contribution in [0.3, 0.4) is 0 Å². The van der Waals surface area contributed by atoms with E-state index in [9.17, 15) is 0 Å². The van der Waals surface area contributed by atoms with Crippen LogP contribution in [0, 0.1) is 0 Å². The molecule has 0 N–H and O–H groups in total. The third-order valence-corrected chi connectivity index (χ3v) is 4.77. The van der Waals surface area contributed by atoms with Gasteiger partial charge in [0.15, 0.2) is 0 Å². The number of nitrogens with zero attached hydrogens (tertiary/aromatic N) is 2. The smallest absolute Gasteiger partial charge is 0.125 e. The van der Waals surface area contributed by atoms with Gasteiger partial charge in [0.2, 0.25) is 0 Å². The van der Waals surface area contributed by atoms with E-state index in [0.29, 0.717) is 11.9 Å². The highest BCUT2D eigenvalue weighted by Gasteiger charge is 2.19. The summed E-state index contributed by atoms with van der Waals surface area (Å²) in [6.45, 7) is 0. The van der Waals surface area contributed by atoms with Crippen molar-refractivity contribution in [2.75, 3.05) is 7.11 Å². The molecule has 0 amide bonds. The normalized spacial score (nSPS) is 17.6. The van der Waals surface area contributed by atoms with Crippen molar-refractivity contribution in [2.45, 2.75) is 56.9 Å². The Labute approximate surface area is 131 Å². The maximum Gasteiger partial charge on any atom is 0.125 e. The largest absolute Gasteiger partial charge is 0.497 e. The van der Waals surface area contributed by atoms with Crippen LogP contribution in [0.2, 0.25) is 0 Å². The van der Waals surface area contributed by atoms with Crippen LogP contribution in [0.1, 0.15) is 56.8 Å². The number of halogens is 1. The van der Waals surface area contributed by atoms with Crippen LogP contribution in [-0.2, 0) is 5.88 Å². The summed E-state index contributed by atoms with van der Waals surface area (Å²) in [6.07, 6.45) is 9.18. The van der Waals surface area contributed by atoms with Crippen molar-refractivity contribution < 1.29 is 4.74 Å². The zero-order valence-electron chi connectivity index (χ0n) is 12.6. The summed E-state index contributed by atoms with van der Waals surface area (Å²) in [4.78, 5) is 4.72. The van der Waals surface area contributed by atoms with Crippen LogP contribution in [0.25, 0.3) is 11.0 Å². The van der Waals surface area contributed by atoms with Gasteiger partial charge in [0, 0.05) is 12.1 Å². The Balaban J connectivity index is 2.02. The van der Waals surface area contributed by atoms with E-state index in [1.807, 2.05) is 12.1 Å². The number of aromatic nitrogens is 2. The van der Waals surface area contributed by atoms with Crippen LogP contribution >= 0.6 is 11.6 Å². The molecule has 2 aromatic rings. The van der Waals surface area contributed by atoms with Gasteiger partial charge in [-0.25, -0.2) is 4.98 Å². The highest BCUT2D eigenvalue weighted by atomic mass is 35.5. The van der Waals surface area contributed by atoms with Gasteiger partial charge in [-0.3, -0.25) is 0 Å². The van der Waals surface area contributed by atoms with Crippen LogP contribution in [-0.4, -0.2) is 16.7 Å². The van der Waals surface area contributed by atoms with Crippen molar-refractivity contribution in [3.05, 3.63) is 24.0 Å². The predicted octanol–water partition coefficient (Wildman–Crippen LogP) is 5.07. The average molecular weight is 307 g/mol. The van der Waals surface area contributed by atoms with E-state index >= 15 is 0 Å². The van der Waals surface area contributed by atoms with Crippen LogP contribution < -0.4 is 4.74 Å². The van der Waals surface area contributed by atoms with E-state index in [0.717, 1.165) is 17.1 Å². The van der Waals surface area contributed by atoms with Crippen molar-refractivity contribution in [1.82, 2.24) is 9.55 Å². The van der Waals surface area contributed by atoms with E-state index in [1.54, 1.807) is 7.11 Å². The molecule has 1 aliphatic rings. The first-order chi connectivity index (χ1) is 10.3. The molecule has 1 aliphatic carbocycles. The highest BCUT2D eigenvalue weighted by Crippen LogP contribution is 2.32. The molecule has 4 heteroatoms. The molecule has 1 aromatic heterocycles. The van der Waals surface area contributed by atoms with Gasteiger partial charge in [-0.1, -0.05) is 32.1 Å². The second-order valence-corrected chi connectivity index (χ2v) is 6.15. The topological polar surface area (TPSA) is 27.1 Å². The van der Waals surface area contributed by atoms with Crippen LogP contribution in [0.4, 0.5) is 0 Å². The van der Waals surface area contributed by atoms with Crippen molar-refractivity contribution in [1.29, 1.82) is 0 Å². The molecule has 0 unspecified atom stereocenters.